The van der Waals surface area contributed by atoms with Gasteiger partial charge in [-0.3, -0.25) is 4.79 Å². The van der Waals surface area contributed by atoms with E-state index in [2.05, 4.69) is 4.98 Å². The molecule has 0 aromatic carbocycles. The van der Waals surface area contributed by atoms with Crippen LogP contribution in [0.25, 0.3) is 0 Å². The summed E-state index contributed by atoms with van der Waals surface area (Å²) in [5.41, 5.74) is 0.517. The molecule has 1 fully saturated rings. The normalized spacial score (nSPS) is 21.1. The largest absolute Gasteiger partial charge is 0.394 e. The van der Waals surface area contributed by atoms with Crippen LogP contribution in [0, 0.1) is 6.92 Å². The molecular weight excluding hydrogens is 224 g/mol. The molecule has 0 radical (unpaired) electrons. The Kier molecular flexibility index (Phi) is 3.56. The number of carbonyl (C=O) groups is 1. The second-order valence-electron chi connectivity index (χ2n) is 4.08. The monoisotopic (exact) mass is 240 g/mol. The summed E-state index contributed by atoms with van der Waals surface area (Å²) >= 11 is 1.48. The van der Waals surface area contributed by atoms with Gasteiger partial charge in [-0.15, -0.1) is 11.3 Å². The van der Waals surface area contributed by atoms with Crippen molar-refractivity contribution in [2.45, 2.75) is 32.2 Å². The number of hydrogen-bond acceptors (Lipinski definition) is 4. The van der Waals surface area contributed by atoms with Crippen LogP contribution in [0.1, 0.15) is 34.8 Å². The van der Waals surface area contributed by atoms with E-state index >= 15 is 0 Å². The van der Waals surface area contributed by atoms with Crippen molar-refractivity contribution < 1.29 is 9.90 Å². The first-order valence-corrected chi connectivity index (χ1v) is 6.44. The third-order valence-electron chi connectivity index (χ3n) is 2.94. The highest BCUT2D eigenvalue weighted by Gasteiger charge is 2.27. The molecule has 1 N–H and O–H groups in total. The van der Waals surface area contributed by atoms with Crippen LogP contribution >= 0.6 is 11.3 Å². The first-order chi connectivity index (χ1) is 7.72. The zero-order valence-electron chi connectivity index (χ0n) is 9.35. The average Bonchev–Trinajstić information content (AvgIpc) is 2.75. The number of thiazole rings is 1. The number of piperidine rings is 1. The van der Waals surface area contributed by atoms with Crippen LogP contribution in [0.3, 0.4) is 0 Å². The fourth-order valence-electron chi connectivity index (χ4n) is 2.07. The van der Waals surface area contributed by atoms with Crippen molar-refractivity contribution in [1.82, 2.24) is 9.88 Å². The van der Waals surface area contributed by atoms with E-state index in [1.54, 1.807) is 10.3 Å². The van der Waals surface area contributed by atoms with E-state index < -0.39 is 0 Å². The number of aliphatic hydroxyl groups is 1. The number of carbonyl (C=O) groups excluding carboxylic acids is 1. The van der Waals surface area contributed by atoms with Gasteiger partial charge in [-0.1, -0.05) is 0 Å². The Labute approximate surface area is 98.9 Å². The van der Waals surface area contributed by atoms with E-state index in [4.69, 9.17) is 0 Å². The third-order valence-corrected chi connectivity index (χ3v) is 3.71. The Balaban J connectivity index is 2.13. The SMILES string of the molecule is Cc1nc(C(=O)N2CCCCC2CO)cs1. The van der Waals surface area contributed by atoms with Crippen molar-refractivity contribution in [3.8, 4) is 0 Å². The van der Waals surface area contributed by atoms with Crippen LogP contribution in [0.5, 0.6) is 0 Å². The van der Waals surface area contributed by atoms with Crippen molar-refractivity contribution in [1.29, 1.82) is 0 Å². The zero-order chi connectivity index (χ0) is 11.5. The number of aromatic nitrogens is 1. The minimum absolute atomic E-state index is 0.0248. The highest BCUT2D eigenvalue weighted by atomic mass is 32.1. The minimum Gasteiger partial charge on any atom is -0.394 e. The Morgan fingerprint density at radius 3 is 3.12 bits per heavy atom. The summed E-state index contributed by atoms with van der Waals surface area (Å²) in [5, 5.41) is 11.9. The molecular formula is C11H16N2O2S. The predicted molar refractivity (Wildman–Crippen MR) is 62.6 cm³/mol. The van der Waals surface area contributed by atoms with Gasteiger partial charge in [-0.25, -0.2) is 4.98 Å². The van der Waals surface area contributed by atoms with Gasteiger partial charge in [0.15, 0.2) is 0 Å². The molecule has 5 heteroatoms. The highest BCUT2D eigenvalue weighted by molar-refractivity contribution is 7.09. The molecule has 0 aliphatic carbocycles. The molecule has 1 aliphatic heterocycles. The first kappa shape index (κ1) is 11.5. The first-order valence-electron chi connectivity index (χ1n) is 5.56. The Bertz CT molecular complexity index is 378. The van der Waals surface area contributed by atoms with Gasteiger partial charge in [-0.05, 0) is 26.2 Å². The highest BCUT2D eigenvalue weighted by Crippen LogP contribution is 2.20. The molecule has 1 atom stereocenters. The maximum absolute atomic E-state index is 12.1. The Morgan fingerprint density at radius 1 is 1.69 bits per heavy atom. The summed E-state index contributed by atoms with van der Waals surface area (Å²) in [6.45, 7) is 2.68. The van der Waals surface area contributed by atoms with E-state index in [-0.39, 0.29) is 18.6 Å². The molecule has 88 valence electrons. The van der Waals surface area contributed by atoms with Gasteiger partial charge >= 0.3 is 0 Å². The lowest BCUT2D eigenvalue weighted by Crippen LogP contribution is -2.45. The number of aliphatic hydroxyl groups excluding tert-OH is 1. The van der Waals surface area contributed by atoms with Crippen LogP contribution in [0.15, 0.2) is 5.38 Å². The molecule has 1 unspecified atom stereocenters. The van der Waals surface area contributed by atoms with Crippen molar-refractivity contribution in [3.63, 3.8) is 0 Å². The molecule has 1 aromatic rings. The lowest BCUT2D eigenvalue weighted by molar-refractivity contribution is 0.0498. The van der Waals surface area contributed by atoms with E-state index in [0.717, 1.165) is 30.8 Å². The molecule has 1 amide bonds. The van der Waals surface area contributed by atoms with Gasteiger partial charge in [-0.2, -0.15) is 0 Å². The van der Waals surface area contributed by atoms with Gasteiger partial charge in [0.2, 0.25) is 0 Å². The molecule has 2 heterocycles. The fraction of sp³-hybridized carbons (Fsp3) is 0.636. The van der Waals surface area contributed by atoms with Crippen molar-refractivity contribution in [2.75, 3.05) is 13.2 Å². The van der Waals surface area contributed by atoms with Crippen LogP contribution in [0.2, 0.25) is 0 Å². The molecule has 0 bridgehead atoms. The summed E-state index contributed by atoms with van der Waals surface area (Å²) in [6, 6.07) is -0.0248. The molecule has 16 heavy (non-hydrogen) atoms. The summed E-state index contributed by atoms with van der Waals surface area (Å²) in [4.78, 5) is 18.1. The molecule has 0 saturated carbocycles. The summed E-state index contributed by atoms with van der Waals surface area (Å²) in [7, 11) is 0. The molecule has 1 aromatic heterocycles. The van der Waals surface area contributed by atoms with Gasteiger partial charge in [0, 0.05) is 11.9 Å². The third kappa shape index (κ3) is 2.25. The molecule has 1 saturated heterocycles. The van der Waals surface area contributed by atoms with Gasteiger partial charge in [0.05, 0.1) is 17.7 Å². The summed E-state index contributed by atoms with van der Waals surface area (Å²) in [5.74, 6) is -0.0388. The van der Waals surface area contributed by atoms with Crippen LogP contribution < -0.4 is 0 Å². The number of nitrogens with zero attached hydrogens (tertiary/aromatic N) is 2. The van der Waals surface area contributed by atoms with Crippen molar-refractivity contribution >= 4 is 17.2 Å². The van der Waals surface area contributed by atoms with Crippen LogP contribution in [-0.2, 0) is 0 Å². The maximum atomic E-state index is 12.1. The average molecular weight is 240 g/mol. The van der Waals surface area contributed by atoms with Crippen molar-refractivity contribution in [2.24, 2.45) is 0 Å². The van der Waals surface area contributed by atoms with Crippen LogP contribution in [0.4, 0.5) is 0 Å². The number of amides is 1. The van der Waals surface area contributed by atoms with E-state index in [1.165, 1.54) is 11.3 Å². The molecule has 0 spiro atoms. The van der Waals surface area contributed by atoms with Crippen molar-refractivity contribution in [3.05, 3.63) is 16.1 Å². The second-order valence-corrected chi connectivity index (χ2v) is 5.14. The van der Waals surface area contributed by atoms with Crippen LogP contribution in [-0.4, -0.2) is 40.1 Å². The quantitative estimate of drug-likeness (QED) is 0.851. The minimum atomic E-state index is -0.0388. The van der Waals surface area contributed by atoms with E-state index in [1.807, 2.05) is 6.92 Å². The molecule has 4 nitrogen and oxygen atoms in total. The molecule has 1 aliphatic rings. The lowest BCUT2D eigenvalue weighted by atomic mass is 10.0. The zero-order valence-corrected chi connectivity index (χ0v) is 10.2. The smallest absolute Gasteiger partial charge is 0.273 e. The van der Waals surface area contributed by atoms with E-state index in [0.29, 0.717) is 5.69 Å². The number of aryl methyl sites for hydroxylation is 1. The second kappa shape index (κ2) is 4.93. The number of likely N-dealkylation sites (tertiary alicyclic amines) is 1. The Hall–Kier alpha value is -0.940. The number of hydrogen-bond donors (Lipinski definition) is 1. The lowest BCUT2D eigenvalue weighted by Gasteiger charge is -2.34. The van der Waals surface area contributed by atoms with Gasteiger partial charge in [0.25, 0.3) is 5.91 Å². The summed E-state index contributed by atoms with van der Waals surface area (Å²) in [6.07, 6.45) is 3.00. The fourth-order valence-corrected chi connectivity index (χ4v) is 2.65. The summed E-state index contributed by atoms with van der Waals surface area (Å²) < 4.78 is 0. The standard InChI is InChI=1S/C11H16N2O2S/c1-8-12-10(7-16-8)11(15)13-5-3-2-4-9(13)6-14/h7,9,14H,2-6H2,1H3. The topological polar surface area (TPSA) is 53.4 Å². The van der Waals surface area contributed by atoms with Gasteiger partial charge in [0.1, 0.15) is 5.69 Å². The van der Waals surface area contributed by atoms with E-state index in [9.17, 15) is 9.90 Å². The van der Waals surface area contributed by atoms with Gasteiger partial charge < -0.3 is 10.0 Å². The number of rotatable bonds is 2. The predicted octanol–water partition coefficient (Wildman–Crippen LogP) is 1.44. The Morgan fingerprint density at radius 2 is 2.50 bits per heavy atom. The maximum Gasteiger partial charge on any atom is 0.273 e. The molecule has 2 rings (SSSR count).